The number of amides is 1. The van der Waals surface area contributed by atoms with Crippen LogP contribution in [0.1, 0.15) is 35.5 Å². The molecule has 114 valence electrons. The van der Waals surface area contributed by atoms with Crippen LogP contribution < -0.4 is 5.32 Å². The van der Waals surface area contributed by atoms with Crippen molar-refractivity contribution in [2.45, 2.75) is 44.4 Å². The standard InChI is InChI=1S/C15H21N3O3/c1-9-4-13(21-17-9)15(19)16-11-5-12-8-20-14(10-2-3-10)7-18(12)6-11/h4,10-12,14H,2-3,5-8H2,1H3,(H,16,19)/t11-,12-,14-/m0/s1. The fourth-order valence-corrected chi connectivity index (χ4v) is 3.48. The van der Waals surface area contributed by atoms with Gasteiger partial charge in [-0.15, -0.1) is 0 Å². The van der Waals surface area contributed by atoms with E-state index in [-0.39, 0.29) is 11.9 Å². The van der Waals surface area contributed by atoms with Gasteiger partial charge in [-0.1, -0.05) is 5.16 Å². The second-order valence-corrected chi connectivity index (χ2v) is 6.56. The molecule has 2 aliphatic heterocycles. The van der Waals surface area contributed by atoms with Crippen LogP contribution >= 0.6 is 0 Å². The molecule has 6 heteroatoms. The van der Waals surface area contributed by atoms with Crippen molar-refractivity contribution in [1.82, 2.24) is 15.4 Å². The van der Waals surface area contributed by atoms with Crippen LogP contribution in [0, 0.1) is 12.8 Å². The van der Waals surface area contributed by atoms with E-state index in [9.17, 15) is 4.79 Å². The number of rotatable bonds is 3. The van der Waals surface area contributed by atoms with Gasteiger partial charge in [0.25, 0.3) is 5.91 Å². The molecular formula is C15H21N3O3. The van der Waals surface area contributed by atoms with Crippen molar-refractivity contribution in [2.24, 2.45) is 5.92 Å². The Bertz CT molecular complexity index is 540. The van der Waals surface area contributed by atoms with E-state index in [1.165, 1.54) is 12.8 Å². The van der Waals surface area contributed by atoms with Crippen LogP contribution in [0.25, 0.3) is 0 Å². The van der Waals surface area contributed by atoms with Crippen molar-refractivity contribution >= 4 is 5.91 Å². The highest BCUT2D eigenvalue weighted by molar-refractivity contribution is 5.91. The highest BCUT2D eigenvalue weighted by Gasteiger charge is 2.42. The summed E-state index contributed by atoms with van der Waals surface area (Å²) in [7, 11) is 0. The first-order chi connectivity index (χ1) is 10.2. The van der Waals surface area contributed by atoms with Gasteiger partial charge in [-0.25, -0.2) is 0 Å². The molecule has 0 bridgehead atoms. The Kier molecular flexibility index (Phi) is 3.23. The maximum atomic E-state index is 12.1. The van der Waals surface area contributed by atoms with Gasteiger partial charge in [0.1, 0.15) is 0 Å². The van der Waals surface area contributed by atoms with Gasteiger partial charge in [-0.3, -0.25) is 9.69 Å². The first kappa shape index (κ1) is 13.3. The van der Waals surface area contributed by atoms with Gasteiger partial charge in [0.15, 0.2) is 0 Å². The summed E-state index contributed by atoms with van der Waals surface area (Å²) in [4.78, 5) is 14.6. The molecular weight excluding hydrogens is 270 g/mol. The van der Waals surface area contributed by atoms with Crippen LogP contribution in [0.4, 0.5) is 0 Å². The lowest BCUT2D eigenvalue weighted by Gasteiger charge is -2.35. The molecule has 3 atom stereocenters. The fourth-order valence-electron chi connectivity index (χ4n) is 3.48. The van der Waals surface area contributed by atoms with Crippen molar-refractivity contribution in [3.63, 3.8) is 0 Å². The number of hydrogen-bond acceptors (Lipinski definition) is 5. The molecule has 21 heavy (non-hydrogen) atoms. The topological polar surface area (TPSA) is 67.6 Å². The molecule has 2 saturated heterocycles. The van der Waals surface area contributed by atoms with Gasteiger partial charge in [0, 0.05) is 31.2 Å². The van der Waals surface area contributed by atoms with E-state index in [4.69, 9.17) is 9.26 Å². The smallest absolute Gasteiger partial charge is 0.290 e. The van der Waals surface area contributed by atoms with Gasteiger partial charge in [-0.05, 0) is 32.1 Å². The van der Waals surface area contributed by atoms with Crippen LogP contribution in [0.15, 0.2) is 10.6 Å². The Balaban J connectivity index is 1.34. The van der Waals surface area contributed by atoms with Crippen LogP contribution in [-0.2, 0) is 4.74 Å². The van der Waals surface area contributed by atoms with Crippen molar-refractivity contribution in [2.75, 3.05) is 19.7 Å². The largest absolute Gasteiger partial charge is 0.375 e. The molecule has 4 rings (SSSR count). The van der Waals surface area contributed by atoms with Crippen LogP contribution in [0.2, 0.25) is 0 Å². The van der Waals surface area contributed by atoms with Crippen molar-refractivity contribution in [3.05, 3.63) is 17.5 Å². The maximum absolute atomic E-state index is 12.1. The number of aryl methyl sites for hydroxylation is 1. The Morgan fingerprint density at radius 2 is 2.29 bits per heavy atom. The lowest BCUT2D eigenvalue weighted by molar-refractivity contribution is -0.0581. The Hall–Kier alpha value is -1.40. The summed E-state index contributed by atoms with van der Waals surface area (Å²) in [6, 6.07) is 2.29. The van der Waals surface area contributed by atoms with E-state index >= 15 is 0 Å². The molecule has 0 spiro atoms. The van der Waals surface area contributed by atoms with Crippen LogP contribution in [-0.4, -0.2) is 53.8 Å². The Morgan fingerprint density at radius 1 is 1.43 bits per heavy atom. The molecule has 0 radical (unpaired) electrons. The quantitative estimate of drug-likeness (QED) is 0.898. The minimum absolute atomic E-state index is 0.167. The molecule has 0 aromatic carbocycles. The second kappa shape index (κ2) is 5.10. The number of hydrogen-bond donors (Lipinski definition) is 1. The normalized spacial score (nSPS) is 32.9. The van der Waals surface area contributed by atoms with E-state index < -0.39 is 0 Å². The Labute approximate surface area is 123 Å². The Morgan fingerprint density at radius 3 is 3.00 bits per heavy atom. The zero-order valence-electron chi connectivity index (χ0n) is 12.2. The molecule has 3 aliphatic rings. The van der Waals surface area contributed by atoms with Crippen LogP contribution in [0.3, 0.4) is 0 Å². The average molecular weight is 291 g/mol. The highest BCUT2D eigenvalue weighted by Crippen LogP contribution is 2.37. The molecule has 3 heterocycles. The number of nitrogens with zero attached hydrogens (tertiary/aromatic N) is 2. The average Bonchev–Trinajstić information content (AvgIpc) is 3.10. The third kappa shape index (κ3) is 2.70. The minimum Gasteiger partial charge on any atom is -0.375 e. The van der Waals surface area contributed by atoms with E-state index in [1.54, 1.807) is 6.07 Å². The number of morpholine rings is 1. The monoisotopic (exact) mass is 291 g/mol. The molecule has 6 nitrogen and oxygen atoms in total. The summed E-state index contributed by atoms with van der Waals surface area (Å²) in [5.41, 5.74) is 0.727. The zero-order valence-corrected chi connectivity index (χ0v) is 12.2. The number of aromatic nitrogens is 1. The molecule has 1 aromatic rings. The summed E-state index contributed by atoms with van der Waals surface area (Å²) in [6.45, 7) is 4.54. The highest BCUT2D eigenvalue weighted by atomic mass is 16.5. The molecule has 1 saturated carbocycles. The van der Waals surface area contributed by atoms with Gasteiger partial charge in [-0.2, -0.15) is 0 Å². The predicted molar refractivity (Wildman–Crippen MR) is 74.9 cm³/mol. The fraction of sp³-hybridized carbons (Fsp3) is 0.733. The van der Waals surface area contributed by atoms with Crippen molar-refractivity contribution in [1.29, 1.82) is 0 Å². The lowest BCUT2D eigenvalue weighted by atomic mass is 10.1. The van der Waals surface area contributed by atoms with E-state index in [0.717, 1.165) is 37.7 Å². The number of carbonyl (C=O) groups excluding carboxylic acids is 1. The van der Waals surface area contributed by atoms with Crippen LogP contribution in [0.5, 0.6) is 0 Å². The van der Waals surface area contributed by atoms with Gasteiger partial charge >= 0.3 is 0 Å². The number of carbonyl (C=O) groups is 1. The van der Waals surface area contributed by atoms with E-state index in [0.29, 0.717) is 17.9 Å². The maximum Gasteiger partial charge on any atom is 0.290 e. The summed E-state index contributed by atoms with van der Waals surface area (Å²) in [5, 5.41) is 6.81. The molecule has 0 unspecified atom stereocenters. The van der Waals surface area contributed by atoms with Gasteiger partial charge in [0.2, 0.25) is 5.76 Å². The van der Waals surface area contributed by atoms with Gasteiger partial charge in [0.05, 0.1) is 18.4 Å². The summed E-state index contributed by atoms with van der Waals surface area (Å²) >= 11 is 0. The SMILES string of the molecule is Cc1cc(C(=O)N[C@H]2C[C@H]3CO[C@H](C4CC4)CN3C2)on1. The summed E-state index contributed by atoms with van der Waals surface area (Å²) < 4.78 is 11.0. The summed E-state index contributed by atoms with van der Waals surface area (Å²) in [5.74, 6) is 0.904. The lowest BCUT2D eigenvalue weighted by Crippen LogP contribution is -2.47. The van der Waals surface area contributed by atoms with Crippen molar-refractivity contribution in [3.8, 4) is 0 Å². The molecule has 1 aromatic heterocycles. The molecule has 1 N–H and O–H groups in total. The first-order valence-corrected chi connectivity index (χ1v) is 7.79. The van der Waals surface area contributed by atoms with E-state index in [2.05, 4.69) is 15.4 Å². The van der Waals surface area contributed by atoms with E-state index in [1.807, 2.05) is 6.92 Å². The molecule has 3 fully saturated rings. The second-order valence-electron chi connectivity index (χ2n) is 6.56. The first-order valence-electron chi connectivity index (χ1n) is 7.79. The number of nitrogens with one attached hydrogen (secondary N) is 1. The number of ether oxygens (including phenoxy) is 1. The minimum atomic E-state index is -0.167. The zero-order chi connectivity index (χ0) is 14.4. The number of fused-ring (bicyclic) bond motifs is 1. The predicted octanol–water partition coefficient (Wildman–Crippen LogP) is 0.965. The molecule has 1 aliphatic carbocycles. The van der Waals surface area contributed by atoms with Gasteiger partial charge < -0.3 is 14.6 Å². The molecule has 1 amide bonds. The van der Waals surface area contributed by atoms with Crippen molar-refractivity contribution < 1.29 is 14.1 Å². The third-order valence-electron chi connectivity index (χ3n) is 4.78. The third-order valence-corrected chi connectivity index (χ3v) is 4.78. The summed E-state index contributed by atoms with van der Waals surface area (Å²) in [6.07, 6.45) is 3.99.